The molecule has 2 nitrogen and oxygen atoms in total. The van der Waals surface area contributed by atoms with Gasteiger partial charge in [0.25, 0.3) is 0 Å². The highest BCUT2D eigenvalue weighted by atomic mass is 16.4. The van der Waals surface area contributed by atoms with Crippen LogP contribution in [0, 0.1) is 17.3 Å². The van der Waals surface area contributed by atoms with Crippen LogP contribution in [0.15, 0.2) is 12.2 Å². The smallest absolute Gasteiger partial charge is 0.327 e. The van der Waals surface area contributed by atoms with E-state index >= 15 is 0 Å². The highest BCUT2D eigenvalue weighted by molar-refractivity contribution is 5.79. The van der Waals surface area contributed by atoms with Gasteiger partial charge >= 0.3 is 5.97 Å². The zero-order valence-electron chi connectivity index (χ0n) is 9.99. The lowest BCUT2D eigenvalue weighted by Gasteiger charge is -2.38. The van der Waals surface area contributed by atoms with Crippen LogP contribution in [0.3, 0.4) is 0 Å². The number of carboxylic acid groups (broad SMARTS) is 1. The molecule has 1 saturated carbocycles. The summed E-state index contributed by atoms with van der Waals surface area (Å²) in [6, 6.07) is 0. The van der Waals surface area contributed by atoms with Crippen molar-refractivity contribution in [1.82, 2.24) is 0 Å². The lowest BCUT2D eigenvalue weighted by molar-refractivity contribution is -0.131. The number of aliphatic carboxylic acids is 1. The minimum Gasteiger partial charge on any atom is -0.478 e. The van der Waals surface area contributed by atoms with Gasteiger partial charge in [-0.15, -0.1) is 0 Å². The summed E-state index contributed by atoms with van der Waals surface area (Å²) < 4.78 is 0. The summed E-state index contributed by atoms with van der Waals surface area (Å²) in [6.07, 6.45) is 7.76. The fourth-order valence-electron chi connectivity index (χ4n) is 3.08. The number of hydrogen-bond acceptors (Lipinski definition) is 1. The Morgan fingerprint density at radius 2 is 2.13 bits per heavy atom. The lowest BCUT2D eigenvalue weighted by Crippen LogP contribution is -2.27. The summed E-state index contributed by atoms with van der Waals surface area (Å²) in [4.78, 5) is 10.3. The maximum atomic E-state index is 10.3. The average Bonchev–Trinajstić information content (AvgIpc) is 1.98. The van der Waals surface area contributed by atoms with Crippen LogP contribution in [-0.4, -0.2) is 11.1 Å². The van der Waals surface area contributed by atoms with Gasteiger partial charge in [-0.1, -0.05) is 26.8 Å². The zero-order chi connectivity index (χ0) is 11.5. The van der Waals surface area contributed by atoms with E-state index in [4.69, 9.17) is 5.11 Å². The molecular weight excluding hydrogens is 188 g/mol. The van der Waals surface area contributed by atoms with E-state index < -0.39 is 5.97 Å². The fraction of sp³-hybridized carbons (Fsp3) is 0.769. The van der Waals surface area contributed by atoms with Crippen molar-refractivity contribution in [3.05, 3.63) is 12.2 Å². The Labute approximate surface area is 92.4 Å². The van der Waals surface area contributed by atoms with Crippen LogP contribution >= 0.6 is 0 Å². The van der Waals surface area contributed by atoms with Crippen molar-refractivity contribution in [1.29, 1.82) is 0 Å². The molecule has 1 aliphatic rings. The van der Waals surface area contributed by atoms with Crippen molar-refractivity contribution >= 4 is 5.97 Å². The third kappa shape index (κ3) is 4.50. The molecule has 1 rings (SSSR count). The summed E-state index contributed by atoms with van der Waals surface area (Å²) in [5, 5.41) is 8.51. The van der Waals surface area contributed by atoms with Crippen molar-refractivity contribution in [2.24, 2.45) is 17.3 Å². The zero-order valence-corrected chi connectivity index (χ0v) is 9.99. The maximum Gasteiger partial charge on any atom is 0.327 e. The molecule has 1 aliphatic carbocycles. The molecule has 2 atom stereocenters. The first-order valence-electron chi connectivity index (χ1n) is 5.78. The van der Waals surface area contributed by atoms with Gasteiger partial charge in [0.1, 0.15) is 0 Å². The number of carboxylic acids is 1. The van der Waals surface area contributed by atoms with Crippen LogP contribution in [0.4, 0.5) is 0 Å². The van der Waals surface area contributed by atoms with Gasteiger partial charge in [0.2, 0.25) is 0 Å². The first-order chi connectivity index (χ1) is 6.89. The van der Waals surface area contributed by atoms with Crippen LogP contribution in [0.2, 0.25) is 0 Å². The maximum absolute atomic E-state index is 10.3. The normalized spacial score (nSPS) is 30.6. The van der Waals surface area contributed by atoms with Crippen molar-refractivity contribution < 1.29 is 9.90 Å². The monoisotopic (exact) mass is 210 g/mol. The van der Waals surface area contributed by atoms with E-state index in [0.717, 1.165) is 12.3 Å². The molecule has 0 saturated heterocycles. The van der Waals surface area contributed by atoms with Crippen LogP contribution in [0.25, 0.3) is 0 Å². The Morgan fingerprint density at radius 3 is 2.67 bits per heavy atom. The minimum atomic E-state index is -0.835. The van der Waals surface area contributed by atoms with E-state index in [2.05, 4.69) is 20.8 Å². The number of carbonyl (C=O) groups is 1. The quantitative estimate of drug-likeness (QED) is 0.724. The first kappa shape index (κ1) is 12.3. The Hall–Kier alpha value is -0.790. The van der Waals surface area contributed by atoms with E-state index in [0.29, 0.717) is 11.3 Å². The molecule has 2 heteroatoms. The van der Waals surface area contributed by atoms with Crippen LogP contribution in [0.1, 0.15) is 46.5 Å². The van der Waals surface area contributed by atoms with E-state index in [1.165, 1.54) is 25.3 Å². The van der Waals surface area contributed by atoms with Crippen molar-refractivity contribution in [3.63, 3.8) is 0 Å². The molecule has 15 heavy (non-hydrogen) atoms. The Kier molecular flexibility index (Phi) is 3.95. The first-order valence-corrected chi connectivity index (χ1v) is 5.78. The van der Waals surface area contributed by atoms with Gasteiger partial charge in [0.05, 0.1) is 0 Å². The average molecular weight is 210 g/mol. The van der Waals surface area contributed by atoms with Crippen molar-refractivity contribution in [3.8, 4) is 0 Å². The molecule has 1 N–H and O–H groups in total. The van der Waals surface area contributed by atoms with Crippen molar-refractivity contribution in [2.75, 3.05) is 0 Å². The molecule has 0 aromatic heterocycles. The molecule has 0 heterocycles. The molecule has 0 amide bonds. The number of hydrogen-bond donors (Lipinski definition) is 1. The van der Waals surface area contributed by atoms with Gasteiger partial charge < -0.3 is 5.11 Å². The molecule has 86 valence electrons. The summed E-state index contributed by atoms with van der Waals surface area (Å²) in [6.45, 7) is 6.93. The second kappa shape index (κ2) is 4.82. The second-order valence-corrected chi connectivity index (χ2v) is 5.76. The highest BCUT2D eigenvalue weighted by Crippen LogP contribution is 2.42. The third-order valence-corrected chi connectivity index (χ3v) is 3.21. The van der Waals surface area contributed by atoms with Gasteiger partial charge in [-0.3, -0.25) is 0 Å². The van der Waals surface area contributed by atoms with Gasteiger partial charge in [0.15, 0.2) is 0 Å². The van der Waals surface area contributed by atoms with E-state index in [9.17, 15) is 4.79 Å². The molecule has 0 spiro atoms. The second-order valence-electron chi connectivity index (χ2n) is 5.76. The number of allylic oxidation sites excluding steroid dienone is 1. The standard InChI is InChI=1S/C13H22O2/c1-10-7-11(5-4-6-12(14)15)9-13(2,3)8-10/h4,6,10-11H,5,7-9H2,1-3H3,(H,14,15)/b6-4+/t10-,11+/m0/s1. The highest BCUT2D eigenvalue weighted by Gasteiger charge is 2.31. The summed E-state index contributed by atoms with van der Waals surface area (Å²) in [5.41, 5.74) is 0.430. The predicted molar refractivity (Wildman–Crippen MR) is 61.7 cm³/mol. The van der Waals surface area contributed by atoms with E-state index in [1.54, 1.807) is 6.08 Å². The Morgan fingerprint density at radius 1 is 1.47 bits per heavy atom. The molecule has 0 unspecified atom stereocenters. The van der Waals surface area contributed by atoms with Gasteiger partial charge in [0, 0.05) is 6.08 Å². The Balaban J connectivity index is 2.45. The van der Waals surface area contributed by atoms with Crippen LogP contribution in [-0.2, 0) is 4.79 Å². The molecular formula is C13H22O2. The Bertz CT molecular complexity index is 253. The summed E-state index contributed by atoms with van der Waals surface area (Å²) in [5.74, 6) is 0.606. The molecule has 0 bridgehead atoms. The summed E-state index contributed by atoms with van der Waals surface area (Å²) >= 11 is 0. The number of rotatable bonds is 3. The van der Waals surface area contributed by atoms with Crippen molar-refractivity contribution in [2.45, 2.75) is 46.5 Å². The minimum absolute atomic E-state index is 0.430. The largest absolute Gasteiger partial charge is 0.478 e. The van der Waals surface area contributed by atoms with E-state index in [-0.39, 0.29) is 0 Å². The molecule has 1 fully saturated rings. The molecule has 0 aromatic rings. The summed E-state index contributed by atoms with van der Waals surface area (Å²) in [7, 11) is 0. The predicted octanol–water partition coefficient (Wildman–Crippen LogP) is 3.48. The van der Waals surface area contributed by atoms with Gasteiger partial charge in [-0.2, -0.15) is 0 Å². The van der Waals surface area contributed by atoms with Crippen LogP contribution in [0.5, 0.6) is 0 Å². The van der Waals surface area contributed by atoms with E-state index in [1.807, 2.05) is 0 Å². The fourth-order valence-corrected chi connectivity index (χ4v) is 3.08. The van der Waals surface area contributed by atoms with Gasteiger partial charge in [-0.05, 0) is 42.9 Å². The third-order valence-electron chi connectivity index (χ3n) is 3.21. The van der Waals surface area contributed by atoms with Gasteiger partial charge in [-0.25, -0.2) is 4.79 Å². The topological polar surface area (TPSA) is 37.3 Å². The lowest BCUT2D eigenvalue weighted by atomic mass is 9.67. The SMILES string of the molecule is C[C@H]1C[C@@H](C/C=C/C(=O)O)CC(C)(C)C1. The molecule has 0 aromatic carbocycles. The van der Waals surface area contributed by atoms with Crippen LogP contribution < -0.4 is 0 Å². The molecule has 0 aliphatic heterocycles. The molecule has 0 radical (unpaired) electrons.